The summed E-state index contributed by atoms with van der Waals surface area (Å²) in [5.41, 5.74) is 0. The van der Waals surface area contributed by atoms with Crippen molar-refractivity contribution >= 4 is 0 Å². The van der Waals surface area contributed by atoms with E-state index in [0.29, 0.717) is 6.73 Å². The van der Waals surface area contributed by atoms with Crippen LogP contribution in [0.2, 0.25) is 0 Å². The predicted molar refractivity (Wildman–Crippen MR) is 80.5 cm³/mol. The smallest absolute Gasteiger partial charge is 0.180 e. The fourth-order valence-corrected chi connectivity index (χ4v) is 2.61. The van der Waals surface area contributed by atoms with Crippen molar-refractivity contribution in [3.63, 3.8) is 0 Å². The summed E-state index contributed by atoms with van der Waals surface area (Å²) in [7, 11) is 0. The van der Waals surface area contributed by atoms with E-state index in [2.05, 4.69) is 20.8 Å². The molecule has 0 saturated carbocycles. The van der Waals surface area contributed by atoms with E-state index in [9.17, 15) is 5.11 Å². The highest BCUT2D eigenvalue weighted by Gasteiger charge is 2.24. The monoisotopic (exact) mass is 337 g/mol. The number of quaternary nitrogens is 1. The first-order valence-corrected chi connectivity index (χ1v) is 8.20. The van der Waals surface area contributed by atoms with E-state index in [-0.39, 0.29) is 17.0 Å². The van der Waals surface area contributed by atoms with Crippen LogP contribution >= 0.6 is 0 Å². The highest BCUT2D eigenvalue weighted by molar-refractivity contribution is 4.47. The third kappa shape index (κ3) is 10.8. The summed E-state index contributed by atoms with van der Waals surface area (Å²) in [5.74, 6) is 0. The molecule has 0 heterocycles. The molecule has 0 aromatic carbocycles. The zero-order valence-corrected chi connectivity index (χ0v) is 15.1. The maximum Gasteiger partial charge on any atom is 0.180 e. The van der Waals surface area contributed by atoms with Crippen molar-refractivity contribution in [3.8, 4) is 0 Å². The van der Waals surface area contributed by atoms with Gasteiger partial charge in [0.25, 0.3) is 0 Å². The van der Waals surface area contributed by atoms with Gasteiger partial charge in [0, 0.05) is 0 Å². The van der Waals surface area contributed by atoms with Crippen LogP contribution < -0.4 is 17.0 Å². The van der Waals surface area contributed by atoms with E-state index in [1.165, 1.54) is 77.4 Å². The molecule has 118 valence electrons. The SMILES string of the molecule is CCCCCC[N+](CO)(CCCC)CCCCC.[Br-]. The molecule has 0 aliphatic heterocycles. The normalized spacial score (nSPS) is 13.9. The van der Waals surface area contributed by atoms with Crippen LogP contribution in [0.5, 0.6) is 0 Å². The van der Waals surface area contributed by atoms with Crippen molar-refractivity contribution in [2.75, 3.05) is 26.4 Å². The maximum atomic E-state index is 9.83. The van der Waals surface area contributed by atoms with Crippen LogP contribution in [0.15, 0.2) is 0 Å². The van der Waals surface area contributed by atoms with E-state index >= 15 is 0 Å². The standard InChI is InChI=1S/C16H36NO.BrH/c1-4-7-10-12-15-17(16-18,13-9-6-3)14-11-8-5-2;/h18H,4-16H2,1-3H3;1H/q+1;/p-1. The minimum atomic E-state index is 0. The average molecular weight is 338 g/mol. The van der Waals surface area contributed by atoms with E-state index in [0.717, 1.165) is 4.48 Å². The van der Waals surface area contributed by atoms with Crippen molar-refractivity contribution in [1.29, 1.82) is 0 Å². The Balaban J connectivity index is 0. The molecule has 1 N–H and O–H groups in total. The molecule has 1 atom stereocenters. The molecule has 0 amide bonds. The Morgan fingerprint density at radius 2 is 1.05 bits per heavy atom. The molecule has 0 spiro atoms. The van der Waals surface area contributed by atoms with Crippen molar-refractivity contribution < 1.29 is 26.6 Å². The van der Waals surface area contributed by atoms with Gasteiger partial charge >= 0.3 is 0 Å². The highest BCUT2D eigenvalue weighted by atomic mass is 79.9. The lowest BCUT2D eigenvalue weighted by atomic mass is 10.1. The first-order chi connectivity index (χ1) is 8.74. The molecule has 3 heteroatoms. The first kappa shape index (κ1) is 21.7. The summed E-state index contributed by atoms with van der Waals surface area (Å²) in [4.78, 5) is 0. The minimum absolute atomic E-state index is 0. The van der Waals surface area contributed by atoms with Gasteiger partial charge in [0.15, 0.2) is 6.73 Å². The van der Waals surface area contributed by atoms with Crippen LogP contribution in [0, 0.1) is 0 Å². The van der Waals surface area contributed by atoms with Crippen LogP contribution in [0.4, 0.5) is 0 Å². The third-order valence-electron chi connectivity index (χ3n) is 4.01. The molecule has 0 aliphatic rings. The molecule has 2 nitrogen and oxygen atoms in total. The Bertz CT molecular complexity index is 178. The summed E-state index contributed by atoms with van der Waals surface area (Å²) in [6.45, 7) is 10.6. The second-order valence-corrected chi connectivity index (χ2v) is 5.78. The second-order valence-electron chi connectivity index (χ2n) is 5.78. The van der Waals surface area contributed by atoms with Gasteiger partial charge < -0.3 is 26.6 Å². The Kier molecular flexibility index (Phi) is 16.9. The molecular formula is C16H36BrNO. The molecular weight excluding hydrogens is 302 g/mol. The van der Waals surface area contributed by atoms with Crippen LogP contribution in [0.25, 0.3) is 0 Å². The first-order valence-electron chi connectivity index (χ1n) is 8.20. The fourth-order valence-electron chi connectivity index (χ4n) is 2.61. The number of unbranched alkanes of at least 4 members (excludes halogenated alkanes) is 6. The van der Waals surface area contributed by atoms with Gasteiger partial charge in [0.1, 0.15) is 0 Å². The summed E-state index contributed by atoms with van der Waals surface area (Å²) in [6.07, 6.45) is 11.6. The van der Waals surface area contributed by atoms with E-state index in [1.54, 1.807) is 0 Å². The zero-order chi connectivity index (χ0) is 13.7. The van der Waals surface area contributed by atoms with Gasteiger partial charge in [-0.25, -0.2) is 0 Å². The number of hydrogen-bond donors (Lipinski definition) is 1. The molecule has 0 aliphatic carbocycles. The second kappa shape index (κ2) is 14.8. The molecule has 0 fully saturated rings. The Hall–Kier alpha value is 0.400. The molecule has 0 aromatic rings. The summed E-state index contributed by atoms with van der Waals surface area (Å²) >= 11 is 0. The summed E-state index contributed by atoms with van der Waals surface area (Å²) in [6, 6.07) is 0. The minimum Gasteiger partial charge on any atom is -1.00 e. The van der Waals surface area contributed by atoms with Gasteiger partial charge in [-0.15, -0.1) is 0 Å². The lowest BCUT2D eigenvalue weighted by Gasteiger charge is -2.37. The average Bonchev–Trinajstić information content (AvgIpc) is 2.40. The van der Waals surface area contributed by atoms with Crippen LogP contribution in [-0.4, -0.2) is 36.0 Å². The lowest BCUT2D eigenvalue weighted by molar-refractivity contribution is -0.945. The Morgan fingerprint density at radius 3 is 1.53 bits per heavy atom. The van der Waals surface area contributed by atoms with Crippen LogP contribution in [0.1, 0.15) is 78.6 Å². The van der Waals surface area contributed by atoms with Crippen molar-refractivity contribution in [1.82, 2.24) is 0 Å². The predicted octanol–water partition coefficient (Wildman–Crippen LogP) is 1.33. The molecule has 19 heavy (non-hydrogen) atoms. The molecule has 0 aromatic heterocycles. The molecule has 0 saturated heterocycles. The third-order valence-corrected chi connectivity index (χ3v) is 4.01. The fraction of sp³-hybridized carbons (Fsp3) is 1.00. The maximum absolute atomic E-state index is 9.83. The van der Waals surface area contributed by atoms with Crippen molar-refractivity contribution in [2.24, 2.45) is 0 Å². The van der Waals surface area contributed by atoms with Gasteiger partial charge in [-0.2, -0.15) is 0 Å². The quantitative estimate of drug-likeness (QED) is 0.305. The number of hydrogen-bond acceptors (Lipinski definition) is 1. The van der Waals surface area contributed by atoms with Crippen molar-refractivity contribution in [3.05, 3.63) is 0 Å². The number of rotatable bonds is 13. The van der Waals surface area contributed by atoms with E-state index in [1.807, 2.05) is 0 Å². The van der Waals surface area contributed by atoms with Gasteiger partial charge in [0.05, 0.1) is 19.6 Å². The molecule has 1 unspecified atom stereocenters. The lowest BCUT2D eigenvalue weighted by Crippen LogP contribution is -3.00. The number of aliphatic hydroxyl groups excluding tert-OH is 1. The highest BCUT2D eigenvalue weighted by Crippen LogP contribution is 2.15. The topological polar surface area (TPSA) is 20.2 Å². The summed E-state index contributed by atoms with van der Waals surface area (Å²) < 4.78 is 0.956. The van der Waals surface area contributed by atoms with Crippen LogP contribution in [0.3, 0.4) is 0 Å². The van der Waals surface area contributed by atoms with E-state index < -0.39 is 0 Å². The number of nitrogens with zero attached hydrogens (tertiary/aromatic N) is 1. The van der Waals surface area contributed by atoms with Gasteiger partial charge in [-0.05, 0) is 32.1 Å². The molecule has 0 bridgehead atoms. The largest absolute Gasteiger partial charge is 1.00 e. The zero-order valence-electron chi connectivity index (χ0n) is 13.5. The Labute approximate surface area is 131 Å². The van der Waals surface area contributed by atoms with Gasteiger partial charge in [0.2, 0.25) is 0 Å². The van der Waals surface area contributed by atoms with Gasteiger partial charge in [-0.1, -0.05) is 46.5 Å². The molecule has 0 radical (unpaired) electrons. The molecule has 0 rings (SSSR count). The number of halogens is 1. The van der Waals surface area contributed by atoms with Gasteiger partial charge in [-0.3, -0.25) is 0 Å². The number of aliphatic hydroxyl groups is 1. The van der Waals surface area contributed by atoms with Crippen LogP contribution in [-0.2, 0) is 0 Å². The summed E-state index contributed by atoms with van der Waals surface area (Å²) in [5, 5.41) is 9.83. The van der Waals surface area contributed by atoms with E-state index in [4.69, 9.17) is 0 Å². The van der Waals surface area contributed by atoms with Crippen molar-refractivity contribution in [2.45, 2.75) is 78.6 Å². The Morgan fingerprint density at radius 1 is 0.632 bits per heavy atom.